The number of benzene rings is 1. The first-order valence-electron chi connectivity index (χ1n) is 5.40. The van der Waals surface area contributed by atoms with Crippen molar-refractivity contribution in [3.8, 4) is 5.75 Å². The lowest BCUT2D eigenvalue weighted by molar-refractivity contribution is 0.112. The molecule has 3 heteroatoms. The van der Waals surface area contributed by atoms with Gasteiger partial charge in [-0.15, -0.1) is 0 Å². The first kappa shape index (κ1) is 12.7. The van der Waals surface area contributed by atoms with Gasteiger partial charge in [-0.05, 0) is 36.5 Å². The van der Waals surface area contributed by atoms with Crippen LogP contribution in [0.4, 0.5) is 4.39 Å². The van der Waals surface area contributed by atoms with Crippen LogP contribution >= 0.6 is 0 Å². The van der Waals surface area contributed by atoms with Gasteiger partial charge in [0, 0.05) is 5.56 Å². The van der Waals surface area contributed by atoms with Gasteiger partial charge in [0.1, 0.15) is 6.29 Å². The Balaban J connectivity index is 3.00. The molecule has 0 N–H and O–H groups in total. The Hall–Kier alpha value is -1.38. The summed E-state index contributed by atoms with van der Waals surface area (Å²) < 4.78 is 18.2. The van der Waals surface area contributed by atoms with Crippen molar-refractivity contribution in [2.45, 2.75) is 26.7 Å². The molecule has 2 nitrogen and oxygen atoms in total. The van der Waals surface area contributed by atoms with Crippen LogP contribution in [0.3, 0.4) is 0 Å². The number of rotatable bonds is 5. The minimum absolute atomic E-state index is 0.198. The number of halogens is 1. The number of aryl methyl sites for hydroxylation is 1. The molecule has 0 saturated carbocycles. The molecule has 1 aromatic carbocycles. The highest BCUT2D eigenvalue weighted by molar-refractivity contribution is 5.77. The van der Waals surface area contributed by atoms with Gasteiger partial charge in [-0.25, -0.2) is 4.39 Å². The molecule has 0 spiro atoms. The topological polar surface area (TPSA) is 26.3 Å². The molecule has 0 aliphatic carbocycles. The monoisotopic (exact) mass is 224 g/mol. The number of hydrogen-bond acceptors (Lipinski definition) is 2. The molecule has 0 radical (unpaired) electrons. The second-order valence-electron chi connectivity index (χ2n) is 4.24. The first-order valence-corrected chi connectivity index (χ1v) is 5.40. The van der Waals surface area contributed by atoms with Crippen LogP contribution in [0.5, 0.6) is 5.75 Å². The molecule has 0 bridgehead atoms. The predicted octanol–water partition coefficient (Wildman–Crippen LogP) is 3.24. The van der Waals surface area contributed by atoms with Gasteiger partial charge < -0.3 is 4.74 Å². The number of hydrogen-bond donors (Lipinski definition) is 0. The van der Waals surface area contributed by atoms with E-state index in [1.54, 1.807) is 6.07 Å². The summed E-state index contributed by atoms with van der Waals surface area (Å²) in [5.74, 6) is 0.262. The minimum atomic E-state index is -0.488. The molecule has 16 heavy (non-hydrogen) atoms. The summed E-state index contributed by atoms with van der Waals surface area (Å²) >= 11 is 0. The van der Waals surface area contributed by atoms with Crippen molar-refractivity contribution in [1.29, 1.82) is 0 Å². The van der Waals surface area contributed by atoms with Gasteiger partial charge in [-0.3, -0.25) is 4.79 Å². The van der Waals surface area contributed by atoms with E-state index in [0.29, 0.717) is 17.8 Å². The summed E-state index contributed by atoms with van der Waals surface area (Å²) in [5, 5.41) is 0. The average Bonchev–Trinajstić information content (AvgIpc) is 2.26. The Labute approximate surface area is 95.4 Å². The van der Waals surface area contributed by atoms with Crippen molar-refractivity contribution in [2.75, 3.05) is 7.11 Å². The fourth-order valence-electron chi connectivity index (χ4n) is 1.54. The lowest BCUT2D eigenvalue weighted by Gasteiger charge is -2.10. The SMILES string of the molecule is COc1cc(CCC(C)C)c(C=O)cc1F. The smallest absolute Gasteiger partial charge is 0.165 e. The molecule has 0 aliphatic rings. The second-order valence-corrected chi connectivity index (χ2v) is 4.24. The van der Waals surface area contributed by atoms with Gasteiger partial charge in [-0.2, -0.15) is 0 Å². The van der Waals surface area contributed by atoms with Crippen molar-refractivity contribution in [2.24, 2.45) is 5.92 Å². The van der Waals surface area contributed by atoms with E-state index >= 15 is 0 Å². The Kier molecular flexibility index (Phi) is 4.47. The maximum Gasteiger partial charge on any atom is 0.165 e. The van der Waals surface area contributed by atoms with Crippen molar-refractivity contribution in [1.82, 2.24) is 0 Å². The molecule has 1 rings (SSSR count). The largest absolute Gasteiger partial charge is 0.494 e. The normalized spacial score (nSPS) is 10.6. The zero-order valence-corrected chi connectivity index (χ0v) is 9.92. The van der Waals surface area contributed by atoms with Gasteiger partial charge in [0.15, 0.2) is 11.6 Å². The lowest BCUT2D eigenvalue weighted by Crippen LogP contribution is -2.00. The van der Waals surface area contributed by atoms with E-state index < -0.39 is 5.82 Å². The fraction of sp³-hybridized carbons (Fsp3) is 0.462. The first-order chi connectivity index (χ1) is 7.58. The van der Waals surface area contributed by atoms with Crippen LogP contribution in [0.2, 0.25) is 0 Å². The van der Waals surface area contributed by atoms with Crippen molar-refractivity contribution >= 4 is 6.29 Å². The van der Waals surface area contributed by atoms with E-state index in [0.717, 1.165) is 18.4 Å². The number of methoxy groups -OCH3 is 1. The van der Waals surface area contributed by atoms with E-state index in [9.17, 15) is 9.18 Å². The number of carbonyl (C=O) groups is 1. The molecular weight excluding hydrogens is 207 g/mol. The van der Waals surface area contributed by atoms with Gasteiger partial charge in [0.05, 0.1) is 7.11 Å². The third-order valence-corrected chi connectivity index (χ3v) is 2.53. The Morgan fingerprint density at radius 3 is 2.62 bits per heavy atom. The summed E-state index contributed by atoms with van der Waals surface area (Å²) in [6.45, 7) is 4.22. The minimum Gasteiger partial charge on any atom is -0.494 e. The number of ether oxygens (including phenoxy) is 1. The molecule has 0 heterocycles. The predicted molar refractivity (Wildman–Crippen MR) is 61.5 cm³/mol. The highest BCUT2D eigenvalue weighted by Gasteiger charge is 2.10. The third kappa shape index (κ3) is 3.05. The lowest BCUT2D eigenvalue weighted by atomic mass is 9.98. The van der Waals surface area contributed by atoms with E-state index in [1.165, 1.54) is 13.2 Å². The van der Waals surface area contributed by atoms with Gasteiger partial charge >= 0.3 is 0 Å². The van der Waals surface area contributed by atoms with E-state index in [1.807, 2.05) is 0 Å². The highest BCUT2D eigenvalue weighted by atomic mass is 19.1. The van der Waals surface area contributed by atoms with Gasteiger partial charge in [-0.1, -0.05) is 13.8 Å². The van der Waals surface area contributed by atoms with Crippen LogP contribution in [0.15, 0.2) is 12.1 Å². The van der Waals surface area contributed by atoms with Crippen LogP contribution in [-0.2, 0) is 6.42 Å². The van der Waals surface area contributed by atoms with E-state index in [-0.39, 0.29) is 5.75 Å². The van der Waals surface area contributed by atoms with Crippen molar-refractivity contribution < 1.29 is 13.9 Å². The van der Waals surface area contributed by atoms with Gasteiger partial charge in [0.25, 0.3) is 0 Å². The zero-order valence-electron chi connectivity index (χ0n) is 9.92. The fourth-order valence-corrected chi connectivity index (χ4v) is 1.54. The molecule has 0 atom stereocenters. The molecule has 0 amide bonds. The molecule has 0 fully saturated rings. The maximum atomic E-state index is 13.3. The quantitative estimate of drug-likeness (QED) is 0.718. The maximum absolute atomic E-state index is 13.3. The summed E-state index contributed by atoms with van der Waals surface area (Å²) in [6, 6.07) is 2.85. The van der Waals surface area contributed by atoms with Gasteiger partial charge in [0.2, 0.25) is 0 Å². The van der Waals surface area contributed by atoms with E-state index in [2.05, 4.69) is 13.8 Å². The van der Waals surface area contributed by atoms with Crippen molar-refractivity contribution in [3.63, 3.8) is 0 Å². The van der Waals surface area contributed by atoms with Crippen LogP contribution in [0, 0.1) is 11.7 Å². The molecule has 0 unspecified atom stereocenters. The van der Waals surface area contributed by atoms with Crippen LogP contribution in [-0.4, -0.2) is 13.4 Å². The Morgan fingerprint density at radius 1 is 1.44 bits per heavy atom. The second kappa shape index (κ2) is 5.64. The summed E-state index contributed by atoms with van der Waals surface area (Å²) in [5.41, 5.74) is 1.26. The summed E-state index contributed by atoms with van der Waals surface area (Å²) in [4.78, 5) is 10.8. The zero-order chi connectivity index (χ0) is 12.1. The van der Waals surface area contributed by atoms with Crippen LogP contribution < -0.4 is 4.74 Å². The average molecular weight is 224 g/mol. The van der Waals surface area contributed by atoms with Crippen LogP contribution in [0.1, 0.15) is 36.2 Å². The third-order valence-electron chi connectivity index (χ3n) is 2.53. The summed E-state index contributed by atoms with van der Waals surface area (Å²) in [7, 11) is 1.42. The van der Waals surface area contributed by atoms with Crippen molar-refractivity contribution in [3.05, 3.63) is 29.1 Å². The number of aldehydes is 1. The highest BCUT2D eigenvalue weighted by Crippen LogP contribution is 2.23. The Bertz CT molecular complexity index is 372. The number of carbonyl (C=O) groups excluding carboxylic acids is 1. The Morgan fingerprint density at radius 2 is 2.12 bits per heavy atom. The molecule has 0 aliphatic heterocycles. The summed E-state index contributed by atoms with van der Waals surface area (Å²) in [6.07, 6.45) is 2.43. The molecule has 88 valence electrons. The molecule has 1 aromatic rings. The van der Waals surface area contributed by atoms with Crippen LogP contribution in [0.25, 0.3) is 0 Å². The molecule has 0 saturated heterocycles. The standard InChI is InChI=1S/C13H17FO2/c1-9(2)4-5-10-7-13(16-3)12(14)6-11(10)8-15/h6-9H,4-5H2,1-3H3. The molecular formula is C13H17FO2. The van der Waals surface area contributed by atoms with E-state index in [4.69, 9.17) is 4.74 Å². The molecule has 0 aromatic heterocycles.